The van der Waals surface area contributed by atoms with Crippen molar-refractivity contribution in [1.82, 2.24) is 0 Å². The Morgan fingerprint density at radius 2 is 1.00 bits per heavy atom. The Hall–Kier alpha value is 1.21. The summed E-state index contributed by atoms with van der Waals surface area (Å²) in [6.07, 6.45) is 4.08. The van der Waals surface area contributed by atoms with Crippen LogP contribution in [0.15, 0.2) is 0 Å². The molecule has 5 heteroatoms. The standard InChI is InChI=1S/2C4H10O.2ClH.Ti/c2*1-2-3-4-5;;;/h2*5H,2-4H2,1H3;2*1H;/q;;;;+2/p-2. The smallest absolute Gasteiger partial charge is 1.00 e. The maximum atomic E-state index is 8.07. The van der Waals surface area contributed by atoms with Crippen LogP contribution in [0.4, 0.5) is 0 Å². The van der Waals surface area contributed by atoms with Gasteiger partial charge in [0.1, 0.15) is 0 Å². The molecule has 0 aliphatic heterocycles. The van der Waals surface area contributed by atoms with Gasteiger partial charge >= 0.3 is 21.7 Å². The molecule has 0 aliphatic rings. The van der Waals surface area contributed by atoms with Gasteiger partial charge in [-0.25, -0.2) is 0 Å². The van der Waals surface area contributed by atoms with Gasteiger partial charge in [0.25, 0.3) is 0 Å². The summed E-state index contributed by atoms with van der Waals surface area (Å²) < 4.78 is 0. The van der Waals surface area contributed by atoms with Crippen molar-refractivity contribution in [2.24, 2.45) is 0 Å². The van der Waals surface area contributed by atoms with E-state index in [4.69, 9.17) is 10.2 Å². The van der Waals surface area contributed by atoms with Crippen molar-refractivity contribution in [3.63, 3.8) is 0 Å². The Bertz CT molecular complexity index is 41.1. The number of rotatable bonds is 4. The number of hydrogen-bond acceptors (Lipinski definition) is 2. The molecular weight excluding hydrogens is 247 g/mol. The van der Waals surface area contributed by atoms with Gasteiger partial charge in [-0.15, -0.1) is 0 Å². The van der Waals surface area contributed by atoms with E-state index in [1.54, 1.807) is 0 Å². The predicted molar refractivity (Wildman–Crippen MR) is 44.0 cm³/mol. The fourth-order valence-corrected chi connectivity index (χ4v) is 0.316. The Morgan fingerprint density at radius 1 is 0.769 bits per heavy atom. The van der Waals surface area contributed by atoms with Crippen molar-refractivity contribution >= 4 is 0 Å². The van der Waals surface area contributed by atoms with Gasteiger partial charge in [-0.1, -0.05) is 26.7 Å². The number of hydrogen-bond donors (Lipinski definition) is 2. The average molecular weight is 267 g/mol. The third-order valence-electron chi connectivity index (χ3n) is 1.02. The van der Waals surface area contributed by atoms with Crippen molar-refractivity contribution in [2.45, 2.75) is 39.5 Å². The first-order valence-electron chi connectivity index (χ1n) is 4.05. The summed E-state index contributed by atoms with van der Waals surface area (Å²) in [5.41, 5.74) is 0. The molecule has 0 amide bonds. The van der Waals surface area contributed by atoms with Gasteiger partial charge in [0, 0.05) is 13.2 Å². The number of aliphatic hydroxyl groups is 2. The van der Waals surface area contributed by atoms with E-state index in [9.17, 15) is 0 Å². The van der Waals surface area contributed by atoms with Gasteiger partial charge in [-0.2, -0.15) is 0 Å². The summed E-state index contributed by atoms with van der Waals surface area (Å²) in [5.74, 6) is 0. The van der Waals surface area contributed by atoms with E-state index in [1.807, 2.05) is 0 Å². The first-order chi connectivity index (χ1) is 4.83. The minimum absolute atomic E-state index is 0. The summed E-state index contributed by atoms with van der Waals surface area (Å²) in [6.45, 7) is 4.79. The molecule has 2 N–H and O–H groups in total. The molecule has 13 heavy (non-hydrogen) atoms. The zero-order valence-corrected chi connectivity index (χ0v) is 11.5. The first-order valence-corrected chi connectivity index (χ1v) is 4.05. The van der Waals surface area contributed by atoms with Crippen LogP contribution in [0.25, 0.3) is 0 Å². The first kappa shape index (κ1) is 29.2. The summed E-state index contributed by atoms with van der Waals surface area (Å²) >= 11 is 0. The van der Waals surface area contributed by atoms with E-state index in [-0.39, 0.29) is 46.5 Å². The molecule has 0 aromatic carbocycles. The Balaban J connectivity index is -0.0000000267. The zero-order chi connectivity index (χ0) is 8.24. The fourth-order valence-electron chi connectivity index (χ4n) is 0.316. The van der Waals surface area contributed by atoms with Crippen LogP contribution in [0.2, 0.25) is 0 Å². The van der Waals surface area contributed by atoms with Crippen LogP contribution in [-0.2, 0) is 21.7 Å². The second kappa shape index (κ2) is 37.9. The van der Waals surface area contributed by atoms with Crippen LogP contribution in [-0.4, -0.2) is 23.4 Å². The van der Waals surface area contributed by atoms with Crippen LogP contribution < -0.4 is 24.8 Å². The van der Waals surface area contributed by atoms with Crippen LogP contribution >= 0.6 is 0 Å². The SMILES string of the molecule is CCCCO.CCCCO.[Cl-].[Cl-].[Ti+2]. The van der Waals surface area contributed by atoms with E-state index in [0.717, 1.165) is 25.7 Å². The van der Waals surface area contributed by atoms with E-state index < -0.39 is 0 Å². The van der Waals surface area contributed by atoms with Crippen molar-refractivity contribution < 1.29 is 56.7 Å². The molecule has 0 fully saturated rings. The molecule has 82 valence electrons. The molecule has 0 radical (unpaired) electrons. The summed E-state index contributed by atoms with van der Waals surface area (Å²) in [4.78, 5) is 0. The minimum Gasteiger partial charge on any atom is -1.00 e. The van der Waals surface area contributed by atoms with Crippen molar-refractivity contribution in [1.29, 1.82) is 0 Å². The molecule has 2 nitrogen and oxygen atoms in total. The van der Waals surface area contributed by atoms with E-state index in [0.29, 0.717) is 13.2 Å². The summed E-state index contributed by atoms with van der Waals surface area (Å²) in [7, 11) is 0. The molecule has 0 heterocycles. The third kappa shape index (κ3) is 61.1. The molecule has 0 unspecified atom stereocenters. The molecule has 0 spiro atoms. The van der Waals surface area contributed by atoms with Crippen LogP contribution in [0.1, 0.15) is 39.5 Å². The second-order valence-electron chi connectivity index (χ2n) is 2.15. The van der Waals surface area contributed by atoms with Gasteiger partial charge in [0.2, 0.25) is 0 Å². The zero-order valence-electron chi connectivity index (χ0n) is 8.39. The Labute approximate surface area is 109 Å². The van der Waals surface area contributed by atoms with Gasteiger partial charge in [-0.3, -0.25) is 0 Å². The predicted octanol–water partition coefficient (Wildman–Crippen LogP) is -4.44. The molecule has 0 atom stereocenters. The molecule has 0 aliphatic carbocycles. The minimum atomic E-state index is 0. The molecular formula is C8H20Cl2O2Ti. The van der Waals surface area contributed by atoms with Gasteiger partial charge in [0.05, 0.1) is 0 Å². The number of halogens is 2. The number of aliphatic hydroxyl groups excluding tert-OH is 2. The Kier molecular flexibility index (Phi) is 85.2. The van der Waals surface area contributed by atoms with Crippen molar-refractivity contribution in [3.8, 4) is 0 Å². The molecule has 0 saturated heterocycles. The molecule has 0 aromatic heterocycles. The quantitative estimate of drug-likeness (QED) is 0.505. The third-order valence-corrected chi connectivity index (χ3v) is 1.02. The second-order valence-corrected chi connectivity index (χ2v) is 2.15. The molecule has 0 bridgehead atoms. The fraction of sp³-hybridized carbons (Fsp3) is 1.00. The monoisotopic (exact) mass is 266 g/mol. The van der Waals surface area contributed by atoms with E-state index >= 15 is 0 Å². The van der Waals surface area contributed by atoms with E-state index in [2.05, 4.69) is 13.8 Å². The number of unbranched alkanes of at least 4 members (excludes halogenated alkanes) is 2. The van der Waals surface area contributed by atoms with Gasteiger partial charge in [-0.05, 0) is 12.8 Å². The molecule has 0 aromatic rings. The summed E-state index contributed by atoms with van der Waals surface area (Å²) in [6, 6.07) is 0. The van der Waals surface area contributed by atoms with Crippen molar-refractivity contribution in [2.75, 3.05) is 13.2 Å². The van der Waals surface area contributed by atoms with Crippen LogP contribution in [0.5, 0.6) is 0 Å². The van der Waals surface area contributed by atoms with E-state index in [1.165, 1.54) is 0 Å². The molecule has 0 rings (SSSR count). The van der Waals surface area contributed by atoms with Gasteiger partial charge < -0.3 is 35.0 Å². The van der Waals surface area contributed by atoms with Crippen molar-refractivity contribution in [3.05, 3.63) is 0 Å². The Morgan fingerprint density at radius 3 is 1.00 bits per heavy atom. The largest absolute Gasteiger partial charge is 2.00 e. The summed E-state index contributed by atoms with van der Waals surface area (Å²) in [5, 5.41) is 16.1. The average Bonchev–Trinajstić information content (AvgIpc) is 1.93. The maximum Gasteiger partial charge on any atom is 2.00 e. The maximum absolute atomic E-state index is 8.07. The van der Waals surface area contributed by atoms with Crippen LogP contribution in [0, 0.1) is 0 Å². The topological polar surface area (TPSA) is 40.5 Å². The molecule has 0 saturated carbocycles. The van der Waals surface area contributed by atoms with Crippen LogP contribution in [0.3, 0.4) is 0 Å². The normalized spacial score (nSPS) is 6.46. The van der Waals surface area contributed by atoms with Gasteiger partial charge in [0.15, 0.2) is 0 Å².